The Morgan fingerprint density at radius 2 is 2.04 bits per heavy atom. The van der Waals surface area contributed by atoms with Crippen LogP contribution in [0.25, 0.3) is 16.5 Å². The molecule has 1 aromatic carbocycles. The smallest absolute Gasteiger partial charge is 0.410 e. The van der Waals surface area contributed by atoms with Gasteiger partial charge < -0.3 is 9.64 Å². The normalized spacial score (nSPS) is 15.4. The van der Waals surface area contributed by atoms with E-state index in [1.165, 1.54) is 5.57 Å². The van der Waals surface area contributed by atoms with Crippen LogP contribution in [0.4, 0.5) is 4.79 Å². The van der Waals surface area contributed by atoms with Crippen molar-refractivity contribution in [2.75, 3.05) is 13.1 Å². The molecule has 1 amide bonds. The first-order valence-corrected chi connectivity index (χ1v) is 7.94. The highest BCUT2D eigenvalue weighted by Gasteiger charge is 2.23. The number of rotatable bonds is 1. The van der Waals surface area contributed by atoms with Crippen LogP contribution in [-0.2, 0) is 4.74 Å². The maximum atomic E-state index is 12.1. The Balaban J connectivity index is 1.74. The van der Waals surface area contributed by atoms with Gasteiger partial charge in [-0.2, -0.15) is 0 Å². The van der Waals surface area contributed by atoms with Crippen molar-refractivity contribution in [3.05, 3.63) is 48.2 Å². The number of ether oxygens (including phenoxy) is 1. The summed E-state index contributed by atoms with van der Waals surface area (Å²) in [5, 5.41) is 1.14. The zero-order valence-electron chi connectivity index (χ0n) is 13.9. The number of para-hydroxylation sites is 1. The van der Waals surface area contributed by atoms with Crippen LogP contribution in [0.15, 0.2) is 42.6 Å². The van der Waals surface area contributed by atoms with E-state index in [9.17, 15) is 4.79 Å². The number of hydrogen-bond donors (Lipinski definition) is 0. The number of pyridine rings is 1. The molecule has 1 aliphatic rings. The SMILES string of the molecule is CC(C)(C)OC(=O)N1CC=C(c2cnc3ccccc3c2)CC1. The highest BCUT2D eigenvalue weighted by Crippen LogP contribution is 2.25. The molecule has 0 spiro atoms. The van der Waals surface area contributed by atoms with Gasteiger partial charge in [0.2, 0.25) is 0 Å². The van der Waals surface area contributed by atoms with Crippen molar-refractivity contribution in [1.82, 2.24) is 9.88 Å². The first kappa shape index (κ1) is 15.5. The molecule has 1 aromatic heterocycles. The molecular formula is C19H22N2O2. The Morgan fingerprint density at radius 1 is 1.26 bits per heavy atom. The van der Waals surface area contributed by atoms with Crippen LogP contribution in [0, 0.1) is 0 Å². The number of hydrogen-bond acceptors (Lipinski definition) is 3. The van der Waals surface area contributed by atoms with Crippen molar-refractivity contribution >= 4 is 22.6 Å². The van der Waals surface area contributed by atoms with Crippen LogP contribution in [0.2, 0.25) is 0 Å². The summed E-state index contributed by atoms with van der Waals surface area (Å²) in [4.78, 5) is 18.3. The number of carbonyl (C=O) groups excluding carboxylic acids is 1. The molecule has 0 N–H and O–H groups in total. The Hall–Kier alpha value is -2.36. The Bertz CT molecular complexity index is 759. The summed E-state index contributed by atoms with van der Waals surface area (Å²) in [5.41, 5.74) is 2.92. The van der Waals surface area contributed by atoms with Crippen LogP contribution in [-0.4, -0.2) is 34.7 Å². The molecule has 0 fully saturated rings. The van der Waals surface area contributed by atoms with Crippen molar-refractivity contribution in [3.63, 3.8) is 0 Å². The third-order valence-electron chi connectivity index (χ3n) is 3.82. The van der Waals surface area contributed by atoms with Crippen molar-refractivity contribution in [1.29, 1.82) is 0 Å². The molecule has 4 nitrogen and oxygen atoms in total. The first-order valence-electron chi connectivity index (χ1n) is 7.94. The fourth-order valence-electron chi connectivity index (χ4n) is 2.67. The molecule has 0 radical (unpaired) electrons. The molecule has 0 aliphatic carbocycles. The monoisotopic (exact) mass is 310 g/mol. The van der Waals surface area contributed by atoms with Crippen LogP contribution < -0.4 is 0 Å². The summed E-state index contributed by atoms with van der Waals surface area (Å²) in [6, 6.07) is 10.3. The average Bonchev–Trinajstić information content (AvgIpc) is 2.53. The molecule has 1 aliphatic heterocycles. The Morgan fingerprint density at radius 3 is 2.74 bits per heavy atom. The number of fused-ring (bicyclic) bond motifs is 1. The van der Waals surface area contributed by atoms with Crippen molar-refractivity contribution in [2.24, 2.45) is 0 Å². The standard InChI is InChI=1S/C19H22N2O2/c1-19(2,3)23-18(22)21-10-8-14(9-11-21)16-12-15-6-4-5-7-17(15)20-13-16/h4-8,12-13H,9-11H2,1-3H3. The summed E-state index contributed by atoms with van der Waals surface area (Å²) < 4.78 is 5.42. The summed E-state index contributed by atoms with van der Waals surface area (Å²) in [7, 11) is 0. The summed E-state index contributed by atoms with van der Waals surface area (Å²) >= 11 is 0. The summed E-state index contributed by atoms with van der Waals surface area (Å²) in [6.07, 6.45) is 4.58. The van der Waals surface area contributed by atoms with Gasteiger partial charge >= 0.3 is 6.09 Å². The van der Waals surface area contributed by atoms with Gasteiger partial charge in [0.1, 0.15) is 5.60 Å². The van der Waals surface area contributed by atoms with E-state index in [0.29, 0.717) is 13.1 Å². The van der Waals surface area contributed by atoms with Gasteiger partial charge in [-0.25, -0.2) is 4.79 Å². The molecular weight excluding hydrogens is 288 g/mol. The fourth-order valence-corrected chi connectivity index (χ4v) is 2.67. The second-order valence-electron chi connectivity index (χ2n) is 6.82. The Labute approximate surface area is 136 Å². The molecule has 2 heterocycles. The molecule has 3 rings (SSSR count). The van der Waals surface area contributed by atoms with Crippen molar-refractivity contribution < 1.29 is 9.53 Å². The van der Waals surface area contributed by atoms with E-state index in [0.717, 1.165) is 22.9 Å². The minimum atomic E-state index is -0.455. The van der Waals surface area contributed by atoms with E-state index < -0.39 is 5.60 Å². The van der Waals surface area contributed by atoms with Crippen LogP contribution in [0.5, 0.6) is 0 Å². The number of nitrogens with zero attached hydrogens (tertiary/aromatic N) is 2. The zero-order valence-corrected chi connectivity index (χ0v) is 13.9. The largest absolute Gasteiger partial charge is 0.444 e. The predicted octanol–water partition coefficient (Wildman–Crippen LogP) is 4.26. The molecule has 23 heavy (non-hydrogen) atoms. The lowest BCUT2D eigenvalue weighted by Gasteiger charge is -2.29. The minimum Gasteiger partial charge on any atom is -0.444 e. The highest BCUT2D eigenvalue weighted by molar-refractivity contribution is 5.83. The first-order chi connectivity index (χ1) is 10.9. The van der Waals surface area contributed by atoms with Crippen LogP contribution in [0.3, 0.4) is 0 Å². The second-order valence-corrected chi connectivity index (χ2v) is 6.82. The lowest BCUT2D eigenvalue weighted by atomic mass is 10.00. The predicted molar refractivity (Wildman–Crippen MR) is 92.1 cm³/mol. The number of carbonyl (C=O) groups is 1. The van der Waals surface area contributed by atoms with Gasteiger partial charge in [-0.05, 0) is 50.5 Å². The molecule has 120 valence electrons. The van der Waals surface area contributed by atoms with Gasteiger partial charge in [-0.3, -0.25) is 4.98 Å². The molecule has 0 saturated heterocycles. The van der Waals surface area contributed by atoms with Gasteiger partial charge in [0.15, 0.2) is 0 Å². The van der Waals surface area contributed by atoms with Crippen LogP contribution >= 0.6 is 0 Å². The summed E-state index contributed by atoms with van der Waals surface area (Å²) in [5.74, 6) is 0. The maximum Gasteiger partial charge on any atom is 0.410 e. The summed E-state index contributed by atoms with van der Waals surface area (Å²) in [6.45, 7) is 6.91. The number of amides is 1. The maximum absolute atomic E-state index is 12.1. The average molecular weight is 310 g/mol. The minimum absolute atomic E-state index is 0.246. The third kappa shape index (κ3) is 3.70. The van der Waals surface area contributed by atoms with Crippen molar-refractivity contribution in [3.8, 4) is 0 Å². The van der Waals surface area contributed by atoms with Gasteiger partial charge in [-0.1, -0.05) is 24.3 Å². The molecule has 4 heteroatoms. The van der Waals surface area contributed by atoms with E-state index in [1.807, 2.05) is 45.2 Å². The van der Waals surface area contributed by atoms with E-state index in [-0.39, 0.29) is 6.09 Å². The lowest BCUT2D eigenvalue weighted by molar-refractivity contribution is 0.0270. The third-order valence-corrected chi connectivity index (χ3v) is 3.82. The zero-order chi connectivity index (χ0) is 16.4. The molecule has 0 bridgehead atoms. The van der Waals surface area contributed by atoms with Gasteiger partial charge in [0, 0.05) is 24.7 Å². The van der Waals surface area contributed by atoms with E-state index >= 15 is 0 Å². The van der Waals surface area contributed by atoms with Gasteiger partial charge in [-0.15, -0.1) is 0 Å². The van der Waals surface area contributed by atoms with Gasteiger partial charge in [0.05, 0.1) is 5.52 Å². The fraction of sp³-hybridized carbons (Fsp3) is 0.368. The van der Waals surface area contributed by atoms with E-state index in [2.05, 4.69) is 23.2 Å². The molecule has 0 saturated carbocycles. The van der Waals surface area contributed by atoms with Gasteiger partial charge in [0.25, 0.3) is 0 Å². The molecule has 2 aromatic rings. The highest BCUT2D eigenvalue weighted by atomic mass is 16.6. The quantitative estimate of drug-likeness (QED) is 0.790. The topological polar surface area (TPSA) is 42.4 Å². The van der Waals surface area contributed by atoms with Crippen molar-refractivity contribution in [2.45, 2.75) is 32.8 Å². The van der Waals surface area contributed by atoms with E-state index in [1.54, 1.807) is 4.90 Å². The van der Waals surface area contributed by atoms with Crippen LogP contribution in [0.1, 0.15) is 32.8 Å². The second kappa shape index (κ2) is 6.03. The number of aromatic nitrogens is 1. The molecule has 0 unspecified atom stereocenters. The Kier molecular flexibility index (Phi) is 4.07. The number of benzene rings is 1. The lowest BCUT2D eigenvalue weighted by Crippen LogP contribution is -2.39. The van der Waals surface area contributed by atoms with E-state index in [4.69, 9.17) is 4.74 Å². The molecule has 0 atom stereocenters.